The second kappa shape index (κ2) is 9.19. The summed E-state index contributed by atoms with van der Waals surface area (Å²) < 4.78 is 2.11. The van der Waals surface area contributed by atoms with Gasteiger partial charge in [-0.1, -0.05) is 44.2 Å². The zero-order valence-electron chi connectivity index (χ0n) is 20.4. The predicted molar refractivity (Wildman–Crippen MR) is 145 cm³/mol. The van der Waals surface area contributed by atoms with Crippen molar-refractivity contribution in [2.45, 2.75) is 45.7 Å². The second-order valence-electron chi connectivity index (χ2n) is 9.39. The van der Waals surface area contributed by atoms with Crippen LogP contribution in [0.1, 0.15) is 60.1 Å². The van der Waals surface area contributed by atoms with E-state index in [9.17, 15) is 5.11 Å². The molecule has 2 atom stereocenters. The number of benzene rings is 2. The molecule has 0 radical (unpaired) electrons. The van der Waals surface area contributed by atoms with Gasteiger partial charge in [0, 0.05) is 23.3 Å². The number of aromatic nitrogens is 2. The molecule has 5 nitrogen and oxygen atoms in total. The molecule has 0 saturated carbocycles. The molecule has 1 saturated heterocycles. The molecular formula is C29H30N4OS. The fourth-order valence-corrected chi connectivity index (χ4v) is 5.43. The average Bonchev–Trinajstić information content (AvgIpc) is 3.35. The first-order chi connectivity index (χ1) is 16.9. The topological polar surface area (TPSA) is 53.3 Å². The first-order valence-electron chi connectivity index (χ1n) is 11.9. The lowest BCUT2D eigenvalue weighted by atomic mass is 9.96. The van der Waals surface area contributed by atoms with Gasteiger partial charge < -0.3 is 19.9 Å². The van der Waals surface area contributed by atoms with E-state index in [0.717, 1.165) is 34.0 Å². The van der Waals surface area contributed by atoms with E-state index in [2.05, 4.69) is 77.8 Å². The number of nitrogens with zero attached hydrogens (tertiary/aromatic N) is 3. The lowest BCUT2D eigenvalue weighted by Gasteiger charge is -2.28. The Labute approximate surface area is 212 Å². The monoisotopic (exact) mass is 482 g/mol. The Kier molecular flexibility index (Phi) is 6.07. The molecule has 1 aliphatic heterocycles. The van der Waals surface area contributed by atoms with Crippen LogP contribution in [0.5, 0.6) is 5.75 Å². The smallest absolute Gasteiger partial charge is 0.174 e. The lowest BCUT2D eigenvalue weighted by Crippen LogP contribution is -2.29. The van der Waals surface area contributed by atoms with E-state index in [4.69, 9.17) is 12.2 Å². The van der Waals surface area contributed by atoms with Gasteiger partial charge in [-0.3, -0.25) is 4.98 Å². The van der Waals surface area contributed by atoms with Gasteiger partial charge in [0.05, 0.1) is 23.5 Å². The van der Waals surface area contributed by atoms with Crippen LogP contribution in [0.2, 0.25) is 0 Å². The number of thiocarbonyl (C=S) groups is 1. The largest absolute Gasteiger partial charge is 0.506 e. The number of nitrogens with one attached hydrogen (secondary N) is 1. The van der Waals surface area contributed by atoms with Crippen LogP contribution in [0.3, 0.4) is 0 Å². The standard InChI is InChI=1S/C29H30N4OS/c1-18(2)21-12-14-22(15-13-21)33-28(27(31-29(33)35)24-9-7-8-16-30-24)23-17-19(3)32(20(23)4)25-10-5-6-11-26(25)34/h5-18,27-28,34H,1-4H3,(H,31,35)/t27-,28-/m0/s1. The van der Waals surface area contributed by atoms with Gasteiger partial charge in [-0.25, -0.2) is 0 Å². The first kappa shape index (κ1) is 23.1. The highest BCUT2D eigenvalue weighted by Crippen LogP contribution is 2.44. The number of aromatic hydroxyl groups is 1. The summed E-state index contributed by atoms with van der Waals surface area (Å²) in [4.78, 5) is 6.88. The highest BCUT2D eigenvalue weighted by Gasteiger charge is 2.42. The van der Waals surface area contributed by atoms with Crippen molar-refractivity contribution >= 4 is 23.0 Å². The second-order valence-corrected chi connectivity index (χ2v) is 9.78. The minimum Gasteiger partial charge on any atom is -0.506 e. The van der Waals surface area contributed by atoms with Crippen LogP contribution in [-0.4, -0.2) is 19.8 Å². The van der Waals surface area contributed by atoms with E-state index >= 15 is 0 Å². The zero-order chi connectivity index (χ0) is 24.7. The molecule has 178 valence electrons. The third kappa shape index (κ3) is 4.08. The molecule has 0 aliphatic carbocycles. The molecule has 3 heterocycles. The maximum atomic E-state index is 10.6. The van der Waals surface area contributed by atoms with Gasteiger partial charge in [0.2, 0.25) is 0 Å². The molecule has 35 heavy (non-hydrogen) atoms. The number of para-hydroxylation sites is 2. The van der Waals surface area contributed by atoms with E-state index in [1.54, 1.807) is 6.07 Å². The third-order valence-electron chi connectivity index (χ3n) is 6.85. The minimum absolute atomic E-state index is 0.104. The number of hydrogen-bond acceptors (Lipinski definition) is 3. The molecule has 6 heteroatoms. The molecule has 2 aromatic heterocycles. The molecule has 5 rings (SSSR count). The van der Waals surface area contributed by atoms with Crippen LogP contribution in [0.4, 0.5) is 5.69 Å². The van der Waals surface area contributed by atoms with Crippen LogP contribution in [0, 0.1) is 13.8 Å². The van der Waals surface area contributed by atoms with Crippen molar-refractivity contribution in [2.24, 2.45) is 0 Å². The number of anilines is 1. The molecule has 1 aliphatic rings. The molecule has 0 amide bonds. The van der Waals surface area contributed by atoms with Crippen LogP contribution >= 0.6 is 12.2 Å². The number of aryl methyl sites for hydroxylation is 1. The Morgan fingerprint density at radius 1 is 0.971 bits per heavy atom. The van der Waals surface area contributed by atoms with Crippen molar-refractivity contribution in [1.82, 2.24) is 14.9 Å². The molecular weight excluding hydrogens is 452 g/mol. The van der Waals surface area contributed by atoms with Gasteiger partial charge in [0.15, 0.2) is 5.11 Å². The lowest BCUT2D eigenvalue weighted by molar-refractivity contribution is 0.471. The van der Waals surface area contributed by atoms with Crippen LogP contribution in [0.15, 0.2) is 79.0 Å². The molecule has 0 spiro atoms. The van der Waals surface area contributed by atoms with Crippen molar-refractivity contribution in [3.05, 3.63) is 107 Å². The molecule has 1 fully saturated rings. The number of pyridine rings is 1. The maximum absolute atomic E-state index is 10.6. The van der Waals surface area contributed by atoms with Crippen molar-refractivity contribution < 1.29 is 5.11 Å². The Balaban J connectivity index is 1.67. The highest BCUT2D eigenvalue weighted by atomic mass is 32.1. The van der Waals surface area contributed by atoms with E-state index in [-0.39, 0.29) is 17.8 Å². The summed E-state index contributed by atoms with van der Waals surface area (Å²) in [6.07, 6.45) is 1.82. The zero-order valence-corrected chi connectivity index (χ0v) is 21.3. The third-order valence-corrected chi connectivity index (χ3v) is 7.16. The predicted octanol–water partition coefficient (Wildman–Crippen LogP) is 6.50. The van der Waals surface area contributed by atoms with Gasteiger partial charge in [0.1, 0.15) is 5.75 Å². The minimum atomic E-state index is -0.119. The molecule has 2 aromatic carbocycles. The van der Waals surface area contributed by atoms with Crippen molar-refractivity contribution in [3.8, 4) is 11.4 Å². The summed E-state index contributed by atoms with van der Waals surface area (Å²) in [5, 5.41) is 14.8. The van der Waals surface area contributed by atoms with Crippen molar-refractivity contribution in [3.63, 3.8) is 0 Å². The maximum Gasteiger partial charge on any atom is 0.174 e. The fraction of sp³-hybridized carbons (Fsp3) is 0.241. The van der Waals surface area contributed by atoms with Gasteiger partial charge in [-0.15, -0.1) is 0 Å². The molecule has 0 unspecified atom stereocenters. The van der Waals surface area contributed by atoms with Crippen LogP contribution < -0.4 is 10.2 Å². The van der Waals surface area contributed by atoms with Crippen LogP contribution in [0.25, 0.3) is 5.69 Å². The fourth-order valence-electron chi connectivity index (χ4n) is 5.08. The van der Waals surface area contributed by atoms with Gasteiger partial charge >= 0.3 is 0 Å². The number of rotatable bonds is 5. The Morgan fingerprint density at radius 2 is 1.69 bits per heavy atom. The quantitative estimate of drug-likeness (QED) is 0.318. The average molecular weight is 483 g/mol. The normalized spacial score (nSPS) is 17.7. The summed E-state index contributed by atoms with van der Waals surface area (Å²) in [6, 6.07) is 24.1. The SMILES string of the molecule is Cc1cc([C@H]2[C@H](c3ccccn3)NC(=S)N2c2ccc(C(C)C)cc2)c(C)n1-c1ccccc1O. The Morgan fingerprint density at radius 3 is 2.34 bits per heavy atom. The van der Waals surface area contributed by atoms with Crippen LogP contribution in [-0.2, 0) is 0 Å². The summed E-state index contributed by atoms with van der Waals surface area (Å²) in [5.41, 5.74) is 7.29. The molecule has 2 N–H and O–H groups in total. The summed E-state index contributed by atoms with van der Waals surface area (Å²) in [6.45, 7) is 8.57. The number of phenolic OH excluding ortho intramolecular Hbond substituents is 1. The number of phenols is 1. The van der Waals surface area contributed by atoms with Gasteiger partial charge in [0.25, 0.3) is 0 Å². The molecule has 0 bridgehead atoms. The number of hydrogen-bond donors (Lipinski definition) is 2. The Hall–Kier alpha value is -3.64. The van der Waals surface area contributed by atoms with E-state index < -0.39 is 0 Å². The van der Waals surface area contributed by atoms with Gasteiger partial charge in [-0.05, 0) is 85.6 Å². The summed E-state index contributed by atoms with van der Waals surface area (Å²) in [7, 11) is 0. The Bertz CT molecular complexity index is 1360. The summed E-state index contributed by atoms with van der Waals surface area (Å²) >= 11 is 5.90. The summed E-state index contributed by atoms with van der Waals surface area (Å²) in [5.74, 6) is 0.713. The van der Waals surface area contributed by atoms with E-state index in [1.165, 1.54) is 5.56 Å². The van der Waals surface area contributed by atoms with Gasteiger partial charge in [-0.2, -0.15) is 0 Å². The van der Waals surface area contributed by atoms with E-state index in [1.807, 2.05) is 42.6 Å². The van der Waals surface area contributed by atoms with E-state index in [0.29, 0.717) is 11.0 Å². The molecule has 4 aromatic rings. The van der Waals surface area contributed by atoms with Crippen molar-refractivity contribution in [1.29, 1.82) is 0 Å². The first-order valence-corrected chi connectivity index (χ1v) is 12.4. The van der Waals surface area contributed by atoms with Crippen molar-refractivity contribution in [2.75, 3.05) is 4.90 Å². The highest BCUT2D eigenvalue weighted by molar-refractivity contribution is 7.80.